The van der Waals surface area contributed by atoms with E-state index in [0.717, 1.165) is 55.1 Å². The summed E-state index contributed by atoms with van der Waals surface area (Å²) in [6, 6.07) is 5.93. The fourth-order valence-electron chi connectivity index (χ4n) is 4.01. The Hall–Kier alpha value is -2.48. The lowest BCUT2D eigenvalue weighted by atomic mass is 9.92. The molecular weight excluding hydrogens is 412 g/mol. The second-order valence-corrected chi connectivity index (χ2v) is 10.2. The molecule has 1 saturated heterocycles. The van der Waals surface area contributed by atoms with Crippen molar-refractivity contribution in [1.29, 1.82) is 0 Å². The highest BCUT2D eigenvalue weighted by atomic mass is 32.2. The number of ether oxygens (including phenoxy) is 1. The molecule has 0 unspecified atom stereocenters. The first-order chi connectivity index (χ1) is 14.8. The van der Waals surface area contributed by atoms with Gasteiger partial charge in [-0.25, -0.2) is 9.78 Å². The first kappa shape index (κ1) is 21.7. The molecule has 0 radical (unpaired) electrons. The van der Waals surface area contributed by atoms with Gasteiger partial charge in [-0.1, -0.05) is 17.8 Å². The van der Waals surface area contributed by atoms with Crippen LogP contribution in [-0.4, -0.2) is 51.5 Å². The minimum absolute atomic E-state index is 0.0331. The van der Waals surface area contributed by atoms with Crippen LogP contribution in [0.3, 0.4) is 0 Å². The summed E-state index contributed by atoms with van der Waals surface area (Å²) in [6.45, 7) is 7.82. The number of hydrogen-bond donors (Lipinski definition) is 1. The summed E-state index contributed by atoms with van der Waals surface area (Å²) in [7, 11) is 0. The van der Waals surface area contributed by atoms with E-state index in [-0.39, 0.29) is 12.0 Å². The SMILES string of the molecule is CC(C)(C)OC(=O)N1CCC(CCCNC(=O)C2=Cc3cnc4cccc(n34)S2)CC1. The lowest BCUT2D eigenvalue weighted by Crippen LogP contribution is -2.41. The molecule has 0 saturated carbocycles. The van der Waals surface area contributed by atoms with Crippen molar-refractivity contribution in [1.82, 2.24) is 19.6 Å². The van der Waals surface area contributed by atoms with Gasteiger partial charge in [0.05, 0.1) is 21.8 Å². The van der Waals surface area contributed by atoms with Crippen LogP contribution in [0.25, 0.3) is 11.7 Å². The first-order valence-electron chi connectivity index (χ1n) is 10.9. The smallest absolute Gasteiger partial charge is 0.410 e. The van der Waals surface area contributed by atoms with Crippen molar-refractivity contribution in [3.63, 3.8) is 0 Å². The largest absolute Gasteiger partial charge is 0.444 e. The van der Waals surface area contributed by atoms with E-state index in [2.05, 4.69) is 14.7 Å². The van der Waals surface area contributed by atoms with Gasteiger partial charge in [-0.05, 0) is 70.6 Å². The summed E-state index contributed by atoms with van der Waals surface area (Å²) in [5.74, 6) is 0.556. The fourth-order valence-corrected chi connectivity index (χ4v) is 5.02. The lowest BCUT2D eigenvalue weighted by molar-refractivity contribution is -0.116. The Kier molecular flexibility index (Phi) is 6.27. The maximum Gasteiger partial charge on any atom is 0.410 e. The van der Waals surface area contributed by atoms with Crippen LogP contribution in [0.2, 0.25) is 0 Å². The van der Waals surface area contributed by atoms with Crippen LogP contribution in [0.1, 0.15) is 52.1 Å². The number of rotatable bonds is 5. The number of carbonyl (C=O) groups is 2. The molecule has 8 heteroatoms. The van der Waals surface area contributed by atoms with Gasteiger partial charge in [-0.2, -0.15) is 0 Å². The molecule has 0 aliphatic carbocycles. The van der Waals surface area contributed by atoms with Crippen molar-refractivity contribution in [2.75, 3.05) is 19.6 Å². The van der Waals surface area contributed by atoms with Crippen LogP contribution in [0.15, 0.2) is 34.3 Å². The van der Waals surface area contributed by atoms with Gasteiger partial charge in [0, 0.05) is 19.6 Å². The lowest BCUT2D eigenvalue weighted by Gasteiger charge is -2.33. The fraction of sp³-hybridized carbons (Fsp3) is 0.522. The Morgan fingerprint density at radius 1 is 1.26 bits per heavy atom. The zero-order valence-corrected chi connectivity index (χ0v) is 19.2. The quantitative estimate of drug-likeness (QED) is 0.698. The van der Waals surface area contributed by atoms with Gasteiger partial charge < -0.3 is 15.0 Å². The van der Waals surface area contributed by atoms with Gasteiger partial charge >= 0.3 is 6.09 Å². The molecule has 0 spiro atoms. The molecule has 0 atom stereocenters. The number of thioether (sulfide) groups is 1. The Labute approximate surface area is 187 Å². The van der Waals surface area contributed by atoms with Gasteiger partial charge in [0.25, 0.3) is 5.91 Å². The van der Waals surface area contributed by atoms with Crippen molar-refractivity contribution < 1.29 is 14.3 Å². The third kappa shape index (κ3) is 5.23. The predicted molar refractivity (Wildman–Crippen MR) is 122 cm³/mol. The average Bonchev–Trinajstić information content (AvgIpc) is 3.15. The molecule has 2 aromatic heterocycles. The highest BCUT2D eigenvalue weighted by molar-refractivity contribution is 8.04. The van der Waals surface area contributed by atoms with Crippen molar-refractivity contribution in [2.24, 2.45) is 5.92 Å². The monoisotopic (exact) mass is 442 g/mol. The number of likely N-dealkylation sites (tertiary alicyclic amines) is 1. The van der Waals surface area contributed by atoms with E-state index < -0.39 is 5.60 Å². The average molecular weight is 443 g/mol. The normalized spacial score (nSPS) is 16.9. The molecule has 4 rings (SSSR count). The van der Waals surface area contributed by atoms with Crippen LogP contribution in [0, 0.1) is 5.92 Å². The van der Waals surface area contributed by atoms with Crippen LogP contribution in [0.5, 0.6) is 0 Å². The van der Waals surface area contributed by atoms with Crippen molar-refractivity contribution >= 4 is 35.5 Å². The topological polar surface area (TPSA) is 75.9 Å². The van der Waals surface area contributed by atoms with E-state index in [4.69, 9.17) is 4.74 Å². The van der Waals surface area contributed by atoms with Gasteiger partial charge in [-0.15, -0.1) is 0 Å². The van der Waals surface area contributed by atoms with Crippen molar-refractivity contribution in [3.05, 3.63) is 35.0 Å². The molecule has 166 valence electrons. The van der Waals surface area contributed by atoms with Crippen molar-refractivity contribution in [3.8, 4) is 0 Å². The summed E-state index contributed by atoms with van der Waals surface area (Å²) in [6.07, 6.45) is 7.46. The minimum Gasteiger partial charge on any atom is -0.444 e. The maximum absolute atomic E-state index is 12.6. The first-order valence-corrected chi connectivity index (χ1v) is 11.7. The Bertz CT molecular complexity index is 1000. The highest BCUT2D eigenvalue weighted by Crippen LogP contribution is 2.34. The number of aromatic nitrogens is 2. The maximum atomic E-state index is 12.6. The molecule has 1 fully saturated rings. The second-order valence-electron chi connectivity index (χ2n) is 9.16. The zero-order valence-electron chi connectivity index (χ0n) is 18.4. The number of piperidine rings is 1. The summed E-state index contributed by atoms with van der Waals surface area (Å²) >= 11 is 1.48. The van der Waals surface area contributed by atoms with Gasteiger partial charge in [0.2, 0.25) is 0 Å². The minimum atomic E-state index is -0.454. The van der Waals surface area contributed by atoms with Crippen LogP contribution in [-0.2, 0) is 9.53 Å². The molecule has 2 aliphatic rings. The molecule has 7 nitrogen and oxygen atoms in total. The van der Waals surface area contributed by atoms with Crippen LogP contribution < -0.4 is 5.32 Å². The summed E-state index contributed by atoms with van der Waals surface area (Å²) < 4.78 is 7.52. The number of amides is 2. The number of hydrogen-bond acceptors (Lipinski definition) is 5. The number of pyridine rings is 1. The molecule has 1 N–H and O–H groups in total. The second kappa shape index (κ2) is 8.94. The molecule has 2 aliphatic heterocycles. The summed E-state index contributed by atoms with van der Waals surface area (Å²) in [5.41, 5.74) is 1.38. The van der Waals surface area contributed by atoms with Gasteiger partial charge in [0.1, 0.15) is 11.2 Å². The van der Waals surface area contributed by atoms with E-state index in [9.17, 15) is 9.59 Å². The summed E-state index contributed by atoms with van der Waals surface area (Å²) in [4.78, 5) is 31.7. The van der Waals surface area contributed by atoms with E-state index in [1.807, 2.05) is 49.9 Å². The number of carbonyl (C=O) groups excluding carboxylic acids is 2. The molecule has 4 heterocycles. The Morgan fingerprint density at radius 3 is 2.77 bits per heavy atom. The third-order valence-corrected chi connectivity index (χ3v) is 6.63. The molecule has 31 heavy (non-hydrogen) atoms. The van der Waals surface area contributed by atoms with E-state index in [1.165, 1.54) is 11.8 Å². The van der Waals surface area contributed by atoms with E-state index in [1.54, 1.807) is 6.20 Å². The van der Waals surface area contributed by atoms with Crippen LogP contribution in [0.4, 0.5) is 4.79 Å². The van der Waals surface area contributed by atoms with Crippen LogP contribution >= 0.6 is 11.8 Å². The number of nitrogens with one attached hydrogen (secondary N) is 1. The van der Waals surface area contributed by atoms with E-state index in [0.29, 0.717) is 17.4 Å². The standard InChI is InChI=1S/C23H30N4O3S/c1-23(2,3)30-22(29)26-12-9-16(10-13-26)6-5-11-24-21(28)18-14-17-15-25-19-7-4-8-20(31-18)27(17)19/h4,7-8,14-16H,5-6,9-13H2,1-3H3,(H,24,28). The Morgan fingerprint density at radius 2 is 2.03 bits per heavy atom. The number of imidazole rings is 1. The van der Waals surface area contributed by atoms with Gasteiger partial charge in [-0.3, -0.25) is 9.20 Å². The molecule has 2 amide bonds. The van der Waals surface area contributed by atoms with E-state index >= 15 is 0 Å². The van der Waals surface area contributed by atoms with Gasteiger partial charge in [0.15, 0.2) is 0 Å². The zero-order chi connectivity index (χ0) is 22.0. The molecule has 0 aromatic carbocycles. The molecule has 0 bridgehead atoms. The predicted octanol–water partition coefficient (Wildman–Crippen LogP) is 4.32. The molecular formula is C23H30N4O3S. The number of nitrogens with zero attached hydrogens (tertiary/aromatic N) is 3. The highest BCUT2D eigenvalue weighted by Gasteiger charge is 2.26. The third-order valence-electron chi connectivity index (χ3n) is 5.58. The molecule has 2 aromatic rings. The van der Waals surface area contributed by atoms with Crippen molar-refractivity contribution in [2.45, 2.75) is 57.1 Å². The summed E-state index contributed by atoms with van der Waals surface area (Å²) in [5, 5.41) is 4.07. The Balaban J connectivity index is 1.19.